The van der Waals surface area contributed by atoms with E-state index in [0.29, 0.717) is 37.9 Å². The first-order valence-electron chi connectivity index (χ1n) is 8.91. The van der Waals surface area contributed by atoms with Crippen LogP contribution in [0.3, 0.4) is 0 Å². The van der Waals surface area contributed by atoms with Gasteiger partial charge in [0.05, 0.1) is 13.0 Å². The van der Waals surface area contributed by atoms with E-state index in [2.05, 4.69) is 10.6 Å². The van der Waals surface area contributed by atoms with Crippen LogP contribution in [0.1, 0.15) is 43.0 Å². The van der Waals surface area contributed by atoms with E-state index in [4.69, 9.17) is 4.74 Å². The first kappa shape index (κ1) is 21.4. The van der Waals surface area contributed by atoms with Crippen molar-refractivity contribution < 1.29 is 19.1 Å². The number of esters is 1. The molecule has 0 aliphatic carbocycles. The van der Waals surface area contributed by atoms with E-state index < -0.39 is 0 Å². The summed E-state index contributed by atoms with van der Waals surface area (Å²) < 4.78 is 4.82. The molecule has 1 aromatic rings. The molecule has 0 saturated carbocycles. The highest BCUT2D eigenvalue weighted by Gasteiger charge is 2.19. The molecule has 2 N–H and O–H groups in total. The highest BCUT2D eigenvalue weighted by Crippen LogP contribution is 2.10. The van der Waals surface area contributed by atoms with Crippen LogP contribution in [0.2, 0.25) is 0 Å². The Bertz CT molecular complexity index is 599. The number of nitrogens with one attached hydrogen (secondary N) is 2. The minimum atomic E-state index is -0.373. The zero-order valence-electron chi connectivity index (χ0n) is 15.5. The number of methoxy groups -OCH3 is 1. The minimum absolute atomic E-state index is 0.0734. The van der Waals surface area contributed by atoms with E-state index in [-0.39, 0.29) is 23.7 Å². The van der Waals surface area contributed by atoms with Crippen molar-refractivity contribution in [1.29, 1.82) is 0 Å². The lowest BCUT2D eigenvalue weighted by Crippen LogP contribution is -2.31. The van der Waals surface area contributed by atoms with Crippen molar-refractivity contribution in [2.75, 3.05) is 20.2 Å². The second kappa shape index (κ2) is 12.7. The van der Waals surface area contributed by atoms with E-state index in [1.165, 1.54) is 7.11 Å². The lowest BCUT2D eigenvalue weighted by molar-refractivity contribution is -0.146. The summed E-state index contributed by atoms with van der Waals surface area (Å²) in [7, 11) is 1.34. The number of ether oxygens (including phenoxy) is 1. The van der Waals surface area contributed by atoms with Crippen LogP contribution in [0.15, 0.2) is 42.5 Å². The molecule has 0 fully saturated rings. The van der Waals surface area contributed by atoms with E-state index >= 15 is 0 Å². The molecule has 0 aliphatic rings. The Morgan fingerprint density at radius 1 is 1.04 bits per heavy atom. The number of hydrogen-bond donors (Lipinski definition) is 2. The first-order chi connectivity index (χ1) is 12.6. The average Bonchev–Trinajstić information content (AvgIpc) is 2.67. The zero-order valence-corrected chi connectivity index (χ0v) is 15.5. The molecular formula is C20H28N2O4. The summed E-state index contributed by atoms with van der Waals surface area (Å²) in [5.41, 5.74) is 0.578. The lowest BCUT2D eigenvalue weighted by Gasteiger charge is -2.15. The number of allylic oxidation sites excluding steroid dienone is 1. The van der Waals surface area contributed by atoms with Gasteiger partial charge in [-0.25, -0.2) is 0 Å². The summed E-state index contributed by atoms with van der Waals surface area (Å²) in [5, 5.41) is 5.59. The van der Waals surface area contributed by atoms with Gasteiger partial charge in [0.15, 0.2) is 0 Å². The number of amides is 2. The molecule has 0 saturated heterocycles. The number of hydrogen-bond acceptors (Lipinski definition) is 4. The van der Waals surface area contributed by atoms with Crippen LogP contribution in [0.25, 0.3) is 0 Å². The summed E-state index contributed by atoms with van der Waals surface area (Å²) in [5.74, 6) is -0.956. The number of benzene rings is 1. The van der Waals surface area contributed by atoms with Crippen molar-refractivity contribution in [3.63, 3.8) is 0 Å². The summed E-state index contributed by atoms with van der Waals surface area (Å²) >= 11 is 0. The maximum absolute atomic E-state index is 12.0. The molecule has 142 valence electrons. The second-order valence-electron chi connectivity index (χ2n) is 5.85. The molecule has 0 heterocycles. The van der Waals surface area contributed by atoms with Gasteiger partial charge in [0.2, 0.25) is 5.91 Å². The molecule has 0 aromatic heterocycles. The predicted molar refractivity (Wildman–Crippen MR) is 101 cm³/mol. The largest absolute Gasteiger partial charge is 0.469 e. The Balaban J connectivity index is 2.37. The van der Waals surface area contributed by atoms with Gasteiger partial charge >= 0.3 is 5.97 Å². The van der Waals surface area contributed by atoms with Gasteiger partial charge in [-0.3, -0.25) is 14.4 Å². The molecule has 0 bridgehead atoms. The molecule has 6 heteroatoms. The Labute approximate surface area is 155 Å². The zero-order chi connectivity index (χ0) is 19.2. The van der Waals surface area contributed by atoms with Gasteiger partial charge in [0.25, 0.3) is 5.91 Å². The van der Waals surface area contributed by atoms with Crippen molar-refractivity contribution >= 4 is 17.8 Å². The van der Waals surface area contributed by atoms with Crippen molar-refractivity contribution in [2.45, 2.75) is 32.6 Å². The van der Waals surface area contributed by atoms with Crippen molar-refractivity contribution in [1.82, 2.24) is 10.6 Å². The van der Waals surface area contributed by atoms with Crippen LogP contribution >= 0.6 is 0 Å². The molecule has 1 rings (SSSR count). The topological polar surface area (TPSA) is 84.5 Å². The highest BCUT2D eigenvalue weighted by atomic mass is 16.5. The monoisotopic (exact) mass is 360 g/mol. The fourth-order valence-corrected chi connectivity index (χ4v) is 2.41. The first-order valence-corrected chi connectivity index (χ1v) is 8.91. The number of carbonyl (C=O) groups excluding carboxylic acids is 3. The van der Waals surface area contributed by atoms with Crippen LogP contribution in [0, 0.1) is 5.92 Å². The van der Waals surface area contributed by atoms with E-state index in [9.17, 15) is 14.4 Å². The highest BCUT2D eigenvalue weighted by molar-refractivity contribution is 5.94. The Morgan fingerprint density at radius 2 is 1.69 bits per heavy atom. The Kier molecular flexibility index (Phi) is 10.5. The third-order valence-electron chi connectivity index (χ3n) is 3.87. The van der Waals surface area contributed by atoms with Gasteiger partial charge in [-0.05, 0) is 31.4 Å². The molecule has 2 amide bonds. The molecule has 0 aliphatic heterocycles. The molecule has 1 atom stereocenters. The maximum atomic E-state index is 12.0. The Hall–Kier alpha value is -2.63. The minimum Gasteiger partial charge on any atom is -0.469 e. The molecule has 26 heavy (non-hydrogen) atoms. The van der Waals surface area contributed by atoms with E-state index in [0.717, 1.165) is 6.42 Å². The fraction of sp³-hybridized carbons (Fsp3) is 0.450. The predicted octanol–water partition coefficient (Wildman–Crippen LogP) is 2.46. The summed E-state index contributed by atoms with van der Waals surface area (Å²) in [6, 6.07) is 8.90. The molecule has 0 radical (unpaired) electrons. The molecule has 6 nitrogen and oxygen atoms in total. The van der Waals surface area contributed by atoms with Crippen molar-refractivity contribution in [3.8, 4) is 0 Å². The van der Waals surface area contributed by atoms with Crippen LogP contribution in [0.4, 0.5) is 0 Å². The van der Waals surface area contributed by atoms with Crippen LogP contribution in [-0.2, 0) is 14.3 Å². The van der Waals surface area contributed by atoms with Crippen LogP contribution in [-0.4, -0.2) is 38.0 Å². The molecular weight excluding hydrogens is 332 g/mol. The summed E-state index contributed by atoms with van der Waals surface area (Å²) in [6.45, 7) is 2.76. The third kappa shape index (κ3) is 8.46. The smallest absolute Gasteiger partial charge is 0.308 e. The van der Waals surface area contributed by atoms with E-state index in [1.54, 1.807) is 24.3 Å². The average molecular weight is 360 g/mol. The maximum Gasteiger partial charge on any atom is 0.308 e. The molecule has 1 aromatic carbocycles. The second-order valence-corrected chi connectivity index (χ2v) is 5.85. The standard InChI is InChI=1S/C20H28N2O4/c1-3-4-6-11-18(23)21-14-12-17(20(25)26-2)13-15-22-19(24)16-9-7-5-8-10-16/h4-10,17H,3,11-15H2,1-2H3,(H,21,23)(H,22,24)/b6-4-. The van der Waals surface area contributed by atoms with Gasteiger partial charge in [-0.1, -0.05) is 37.3 Å². The lowest BCUT2D eigenvalue weighted by atomic mass is 10.0. The van der Waals surface area contributed by atoms with Crippen molar-refractivity contribution in [3.05, 3.63) is 48.0 Å². The van der Waals surface area contributed by atoms with Gasteiger partial charge < -0.3 is 15.4 Å². The third-order valence-corrected chi connectivity index (χ3v) is 3.87. The van der Waals surface area contributed by atoms with Gasteiger partial charge in [-0.2, -0.15) is 0 Å². The van der Waals surface area contributed by atoms with Gasteiger partial charge in [-0.15, -0.1) is 0 Å². The quantitative estimate of drug-likeness (QED) is 0.469. The summed E-state index contributed by atoms with van der Waals surface area (Å²) in [6.07, 6.45) is 5.92. The molecule has 0 spiro atoms. The van der Waals surface area contributed by atoms with Crippen LogP contribution < -0.4 is 10.6 Å². The van der Waals surface area contributed by atoms with Gasteiger partial charge in [0.1, 0.15) is 0 Å². The van der Waals surface area contributed by atoms with E-state index in [1.807, 2.05) is 25.1 Å². The van der Waals surface area contributed by atoms with Gasteiger partial charge in [0, 0.05) is 25.1 Å². The number of carbonyl (C=O) groups is 3. The Morgan fingerprint density at radius 3 is 2.31 bits per heavy atom. The normalized spacial score (nSPS) is 11.8. The number of rotatable bonds is 11. The van der Waals surface area contributed by atoms with Crippen LogP contribution in [0.5, 0.6) is 0 Å². The van der Waals surface area contributed by atoms with Crippen molar-refractivity contribution in [2.24, 2.45) is 5.92 Å². The fourth-order valence-electron chi connectivity index (χ4n) is 2.41. The molecule has 1 unspecified atom stereocenters. The summed E-state index contributed by atoms with van der Waals surface area (Å²) in [4.78, 5) is 35.6. The SMILES string of the molecule is CC/C=C\CC(=O)NCCC(CCNC(=O)c1ccccc1)C(=O)OC.